The van der Waals surface area contributed by atoms with E-state index in [1.807, 2.05) is 47.3 Å². The van der Waals surface area contributed by atoms with E-state index in [-0.39, 0.29) is 5.91 Å². The van der Waals surface area contributed by atoms with Gasteiger partial charge in [-0.25, -0.2) is 0 Å². The molecule has 0 saturated carbocycles. The summed E-state index contributed by atoms with van der Waals surface area (Å²) in [6.45, 7) is 1.93. The minimum atomic E-state index is -0.583. The Hall–Kier alpha value is -2.18. The lowest BCUT2D eigenvalue weighted by molar-refractivity contribution is -0.117. The van der Waals surface area contributed by atoms with Gasteiger partial charge in [0, 0.05) is 18.8 Å². The van der Waals surface area contributed by atoms with Gasteiger partial charge in [-0.2, -0.15) is 5.10 Å². The average molecular weight is 299 g/mol. The summed E-state index contributed by atoms with van der Waals surface area (Å²) in [7, 11) is 0. The van der Waals surface area contributed by atoms with Crippen molar-refractivity contribution < 1.29 is 4.79 Å². The van der Waals surface area contributed by atoms with E-state index in [0.717, 1.165) is 25.1 Å². The van der Waals surface area contributed by atoms with E-state index >= 15 is 0 Å². The van der Waals surface area contributed by atoms with Gasteiger partial charge in [-0.05, 0) is 24.9 Å². The molecule has 0 unspecified atom stereocenters. The second kappa shape index (κ2) is 6.72. The Bertz CT molecular complexity index is 618. The predicted molar refractivity (Wildman–Crippen MR) is 85.5 cm³/mol. The molecular formula is C16H21N5O. The number of amides is 1. The summed E-state index contributed by atoms with van der Waals surface area (Å²) < 4.78 is 1.90. The van der Waals surface area contributed by atoms with E-state index in [1.165, 1.54) is 0 Å². The molecule has 22 heavy (non-hydrogen) atoms. The van der Waals surface area contributed by atoms with Gasteiger partial charge >= 0.3 is 0 Å². The highest BCUT2D eigenvalue weighted by molar-refractivity contribution is 5.94. The molecule has 1 aromatic heterocycles. The third-order valence-corrected chi connectivity index (χ3v) is 3.90. The Morgan fingerprint density at radius 2 is 2.23 bits per heavy atom. The summed E-state index contributed by atoms with van der Waals surface area (Å²) >= 11 is 0. The second-order valence-corrected chi connectivity index (χ2v) is 5.61. The van der Waals surface area contributed by atoms with Crippen molar-refractivity contribution in [3.63, 3.8) is 0 Å². The van der Waals surface area contributed by atoms with Crippen LogP contribution in [-0.4, -0.2) is 34.8 Å². The van der Waals surface area contributed by atoms with E-state index in [4.69, 9.17) is 5.73 Å². The maximum absolute atomic E-state index is 12.1. The first kappa shape index (κ1) is 14.7. The summed E-state index contributed by atoms with van der Waals surface area (Å²) in [5, 5.41) is 10.5. The second-order valence-electron chi connectivity index (χ2n) is 5.61. The number of nitrogens with one attached hydrogen (secondary N) is 2. The first-order chi connectivity index (χ1) is 10.7. The third-order valence-electron chi connectivity index (χ3n) is 3.90. The zero-order chi connectivity index (χ0) is 15.4. The first-order valence-electron chi connectivity index (χ1n) is 7.58. The monoisotopic (exact) mass is 299 g/mol. The van der Waals surface area contributed by atoms with Gasteiger partial charge in [0.25, 0.3) is 0 Å². The van der Waals surface area contributed by atoms with E-state index in [9.17, 15) is 4.79 Å². The maximum atomic E-state index is 12.1. The van der Waals surface area contributed by atoms with Crippen molar-refractivity contribution in [1.82, 2.24) is 15.1 Å². The molecule has 0 spiro atoms. The topological polar surface area (TPSA) is 85.0 Å². The predicted octanol–water partition coefficient (Wildman–Crippen LogP) is 0.926. The van der Waals surface area contributed by atoms with Crippen molar-refractivity contribution in [2.75, 3.05) is 18.4 Å². The van der Waals surface area contributed by atoms with Crippen LogP contribution in [0.5, 0.6) is 0 Å². The molecule has 4 N–H and O–H groups in total. The SMILES string of the molecule is N[C@H](Cc1ccccc1)C(=O)Nc1ccn([C@@H]2CCNC2)n1. The zero-order valence-corrected chi connectivity index (χ0v) is 12.4. The van der Waals surface area contributed by atoms with Crippen molar-refractivity contribution in [2.45, 2.75) is 24.9 Å². The van der Waals surface area contributed by atoms with E-state index in [1.54, 1.807) is 0 Å². The number of carbonyl (C=O) groups excluding carboxylic acids is 1. The number of carbonyl (C=O) groups is 1. The quantitative estimate of drug-likeness (QED) is 0.766. The smallest absolute Gasteiger partial charge is 0.242 e. The third kappa shape index (κ3) is 3.52. The molecule has 2 atom stereocenters. The van der Waals surface area contributed by atoms with Gasteiger partial charge in [-0.15, -0.1) is 0 Å². The minimum Gasteiger partial charge on any atom is -0.320 e. The minimum absolute atomic E-state index is 0.210. The summed E-state index contributed by atoms with van der Waals surface area (Å²) in [5.41, 5.74) is 7.02. The normalized spacial score (nSPS) is 19.0. The molecule has 0 aliphatic carbocycles. The number of anilines is 1. The molecule has 1 fully saturated rings. The molecule has 6 nitrogen and oxygen atoms in total. The van der Waals surface area contributed by atoms with Gasteiger partial charge in [0.05, 0.1) is 12.1 Å². The molecule has 6 heteroatoms. The van der Waals surface area contributed by atoms with Crippen molar-refractivity contribution in [2.24, 2.45) is 5.73 Å². The van der Waals surface area contributed by atoms with Crippen LogP contribution in [0.2, 0.25) is 0 Å². The molecule has 1 aliphatic heterocycles. The lowest BCUT2D eigenvalue weighted by atomic mass is 10.1. The van der Waals surface area contributed by atoms with Gasteiger partial charge < -0.3 is 16.4 Å². The molecule has 1 aromatic carbocycles. The lowest BCUT2D eigenvalue weighted by Gasteiger charge is -2.11. The van der Waals surface area contributed by atoms with Gasteiger partial charge in [0.1, 0.15) is 0 Å². The number of hydrogen-bond donors (Lipinski definition) is 3. The Kier molecular flexibility index (Phi) is 4.50. The van der Waals surface area contributed by atoms with Gasteiger partial charge in [0.15, 0.2) is 5.82 Å². The van der Waals surface area contributed by atoms with Gasteiger partial charge in [-0.1, -0.05) is 30.3 Å². The zero-order valence-electron chi connectivity index (χ0n) is 12.4. The van der Waals surface area contributed by atoms with Crippen LogP contribution in [0.25, 0.3) is 0 Å². The molecule has 1 aliphatic rings. The van der Waals surface area contributed by atoms with Crippen molar-refractivity contribution in [3.05, 3.63) is 48.2 Å². The molecule has 1 saturated heterocycles. The van der Waals surface area contributed by atoms with Gasteiger partial charge in [-0.3, -0.25) is 9.48 Å². The van der Waals surface area contributed by atoms with Crippen LogP contribution in [0, 0.1) is 0 Å². The Morgan fingerprint density at radius 1 is 1.41 bits per heavy atom. The van der Waals surface area contributed by atoms with Crippen molar-refractivity contribution in [3.8, 4) is 0 Å². The number of benzene rings is 1. The number of nitrogens with zero attached hydrogens (tertiary/aromatic N) is 2. The van der Waals surface area contributed by atoms with Crippen LogP contribution in [0.3, 0.4) is 0 Å². The lowest BCUT2D eigenvalue weighted by Crippen LogP contribution is -2.37. The largest absolute Gasteiger partial charge is 0.320 e. The van der Waals surface area contributed by atoms with E-state index < -0.39 is 6.04 Å². The molecule has 116 valence electrons. The van der Waals surface area contributed by atoms with Crippen LogP contribution in [0.15, 0.2) is 42.6 Å². The number of aromatic nitrogens is 2. The Morgan fingerprint density at radius 3 is 2.95 bits per heavy atom. The van der Waals surface area contributed by atoms with Crippen LogP contribution in [0.4, 0.5) is 5.82 Å². The number of hydrogen-bond acceptors (Lipinski definition) is 4. The highest BCUT2D eigenvalue weighted by atomic mass is 16.2. The van der Waals surface area contributed by atoms with Crippen LogP contribution < -0.4 is 16.4 Å². The fraction of sp³-hybridized carbons (Fsp3) is 0.375. The Labute approximate surface area is 129 Å². The number of rotatable bonds is 5. The maximum Gasteiger partial charge on any atom is 0.242 e. The molecule has 1 amide bonds. The molecular weight excluding hydrogens is 278 g/mol. The molecule has 3 rings (SSSR count). The highest BCUT2D eigenvalue weighted by Gasteiger charge is 2.19. The summed E-state index contributed by atoms with van der Waals surface area (Å²) in [5.74, 6) is 0.346. The summed E-state index contributed by atoms with van der Waals surface area (Å²) in [6, 6.07) is 11.4. The average Bonchev–Trinajstić information content (AvgIpc) is 3.19. The van der Waals surface area contributed by atoms with E-state index in [2.05, 4.69) is 15.7 Å². The van der Waals surface area contributed by atoms with Crippen LogP contribution in [0.1, 0.15) is 18.0 Å². The number of nitrogens with two attached hydrogens (primary N) is 1. The summed E-state index contributed by atoms with van der Waals surface area (Å²) in [6.07, 6.45) is 3.47. The van der Waals surface area contributed by atoms with Crippen LogP contribution >= 0.6 is 0 Å². The van der Waals surface area contributed by atoms with Crippen LogP contribution in [-0.2, 0) is 11.2 Å². The van der Waals surface area contributed by atoms with Crippen molar-refractivity contribution >= 4 is 11.7 Å². The molecule has 0 radical (unpaired) electrons. The van der Waals surface area contributed by atoms with Crippen molar-refractivity contribution in [1.29, 1.82) is 0 Å². The fourth-order valence-electron chi connectivity index (χ4n) is 2.65. The van der Waals surface area contributed by atoms with E-state index in [0.29, 0.717) is 18.3 Å². The molecule has 2 heterocycles. The first-order valence-corrected chi connectivity index (χ1v) is 7.58. The standard InChI is InChI=1S/C16H21N5O/c17-14(10-12-4-2-1-3-5-12)16(22)19-15-7-9-21(20-15)13-6-8-18-11-13/h1-5,7,9,13-14,18H,6,8,10-11,17H2,(H,19,20,22)/t13-,14-/m1/s1. The molecule has 0 bridgehead atoms. The molecule has 2 aromatic rings. The van der Waals surface area contributed by atoms with Gasteiger partial charge in [0.2, 0.25) is 5.91 Å². The fourth-order valence-corrected chi connectivity index (χ4v) is 2.65. The Balaban J connectivity index is 1.57. The highest BCUT2D eigenvalue weighted by Crippen LogP contribution is 2.16. The summed E-state index contributed by atoms with van der Waals surface area (Å²) in [4.78, 5) is 12.1.